The van der Waals surface area contributed by atoms with E-state index in [9.17, 15) is 18.0 Å². The molecule has 1 amide bonds. The molecule has 0 spiro atoms. The van der Waals surface area contributed by atoms with Crippen molar-refractivity contribution in [1.29, 1.82) is 0 Å². The van der Waals surface area contributed by atoms with Crippen LogP contribution in [0.3, 0.4) is 0 Å². The fourth-order valence-electron chi connectivity index (χ4n) is 2.91. The van der Waals surface area contributed by atoms with E-state index in [2.05, 4.69) is 0 Å². The smallest absolute Gasteiger partial charge is 0.312 e. The second kappa shape index (κ2) is 4.78. The van der Waals surface area contributed by atoms with Gasteiger partial charge < -0.3 is 4.90 Å². The van der Waals surface area contributed by atoms with Gasteiger partial charge in [-0.2, -0.15) is 13.2 Å². The van der Waals surface area contributed by atoms with Gasteiger partial charge >= 0.3 is 6.18 Å². The number of alkyl halides is 5. The summed E-state index contributed by atoms with van der Waals surface area (Å²) in [5.74, 6) is -0.224. The van der Waals surface area contributed by atoms with Gasteiger partial charge in [0.05, 0.1) is 11.0 Å². The van der Waals surface area contributed by atoms with Gasteiger partial charge in [0.25, 0.3) is 0 Å². The van der Waals surface area contributed by atoms with Crippen LogP contribution in [0.2, 0.25) is 0 Å². The average molecular weight is 352 g/mol. The first-order chi connectivity index (χ1) is 10.1. The third-order valence-corrected chi connectivity index (χ3v) is 5.60. The number of carbonyl (C=O) groups excluding carboxylic acids is 1. The van der Waals surface area contributed by atoms with Crippen molar-refractivity contribution >= 4 is 34.8 Å². The summed E-state index contributed by atoms with van der Waals surface area (Å²) >= 11 is 12.1. The summed E-state index contributed by atoms with van der Waals surface area (Å²) in [7, 11) is 0. The number of benzene rings is 1. The molecule has 1 saturated carbocycles. The lowest BCUT2D eigenvalue weighted by Gasteiger charge is -2.32. The number of hydrogen-bond donors (Lipinski definition) is 0. The maximum Gasteiger partial charge on any atom is 0.416 e. The molecule has 0 bridgehead atoms. The van der Waals surface area contributed by atoms with Gasteiger partial charge in [-0.25, -0.2) is 0 Å². The molecule has 7 heteroatoms. The van der Waals surface area contributed by atoms with Gasteiger partial charge in [0.1, 0.15) is 4.33 Å². The Morgan fingerprint density at radius 1 is 1.32 bits per heavy atom. The monoisotopic (exact) mass is 351 g/mol. The Morgan fingerprint density at radius 2 is 1.95 bits per heavy atom. The molecule has 1 aliphatic carbocycles. The third kappa shape index (κ3) is 2.38. The zero-order valence-corrected chi connectivity index (χ0v) is 13.3. The number of halogens is 5. The summed E-state index contributed by atoms with van der Waals surface area (Å²) in [6, 6.07) is 3.50. The summed E-state index contributed by atoms with van der Waals surface area (Å²) in [5, 5.41) is 0. The Labute approximate surface area is 136 Å². The highest BCUT2D eigenvalue weighted by atomic mass is 35.5. The normalized spacial score (nSPS) is 26.5. The number of fused-ring (bicyclic) bond motifs is 1. The molecule has 0 saturated heterocycles. The van der Waals surface area contributed by atoms with Crippen molar-refractivity contribution in [3.63, 3.8) is 0 Å². The van der Waals surface area contributed by atoms with Crippen LogP contribution in [-0.4, -0.2) is 16.8 Å². The topological polar surface area (TPSA) is 20.3 Å². The van der Waals surface area contributed by atoms with Crippen LogP contribution in [0, 0.1) is 5.41 Å². The number of amides is 1. The van der Waals surface area contributed by atoms with Crippen LogP contribution in [-0.2, 0) is 17.4 Å². The summed E-state index contributed by atoms with van der Waals surface area (Å²) in [4.78, 5) is 14.2. The van der Waals surface area contributed by atoms with Crippen LogP contribution < -0.4 is 4.90 Å². The SMILES string of the molecule is C[C@]1(C(=O)N2CCCc3cc(C(F)(F)F)ccc32)CC1(Cl)Cl. The number of nitrogens with zero attached hydrogens (tertiary/aromatic N) is 1. The van der Waals surface area contributed by atoms with E-state index < -0.39 is 21.5 Å². The fourth-order valence-corrected chi connectivity index (χ4v) is 3.61. The first kappa shape index (κ1) is 15.9. The Kier molecular flexibility index (Phi) is 3.46. The van der Waals surface area contributed by atoms with E-state index in [0.717, 1.165) is 12.1 Å². The predicted octanol–water partition coefficient (Wildman–Crippen LogP) is 4.57. The van der Waals surface area contributed by atoms with E-state index >= 15 is 0 Å². The van der Waals surface area contributed by atoms with Crippen molar-refractivity contribution in [2.75, 3.05) is 11.4 Å². The Morgan fingerprint density at radius 3 is 2.50 bits per heavy atom. The molecule has 1 aromatic rings. The van der Waals surface area contributed by atoms with E-state index in [0.29, 0.717) is 37.1 Å². The van der Waals surface area contributed by atoms with Crippen molar-refractivity contribution in [2.24, 2.45) is 5.41 Å². The third-order valence-electron chi connectivity index (χ3n) is 4.50. The van der Waals surface area contributed by atoms with Crippen LogP contribution in [0.4, 0.5) is 18.9 Å². The van der Waals surface area contributed by atoms with E-state index in [-0.39, 0.29) is 5.91 Å². The second-order valence-corrected chi connectivity index (χ2v) is 7.60. The molecule has 0 N–H and O–H groups in total. The molecular weight excluding hydrogens is 338 g/mol. The molecule has 3 rings (SSSR count). The highest BCUT2D eigenvalue weighted by molar-refractivity contribution is 6.53. The molecule has 0 radical (unpaired) electrons. The summed E-state index contributed by atoms with van der Waals surface area (Å²) < 4.78 is 37.3. The van der Waals surface area contributed by atoms with Crippen molar-refractivity contribution in [2.45, 2.75) is 36.7 Å². The second-order valence-electron chi connectivity index (χ2n) is 6.11. The number of anilines is 1. The van der Waals surface area contributed by atoms with Crippen LogP contribution in [0.15, 0.2) is 18.2 Å². The van der Waals surface area contributed by atoms with Gasteiger partial charge in [0, 0.05) is 12.2 Å². The maximum atomic E-state index is 12.8. The summed E-state index contributed by atoms with van der Waals surface area (Å²) in [6.07, 6.45) is -2.89. The molecule has 0 unspecified atom stereocenters. The molecule has 120 valence electrons. The van der Waals surface area contributed by atoms with E-state index in [1.165, 1.54) is 11.0 Å². The lowest BCUT2D eigenvalue weighted by Crippen LogP contribution is -2.41. The zero-order chi connectivity index (χ0) is 16.3. The molecule has 1 fully saturated rings. The van der Waals surface area contributed by atoms with Crippen molar-refractivity contribution in [3.05, 3.63) is 29.3 Å². The lowest BCUT2D eigenvalue weighted by molar-refractivity contribution is -0.137. The van der Waals surface area contributed by atoms with Gasteiger partial charge in [0.2, 0.25) is 5.91 Å². The van der Waals surface area contributed by atoms with Crippen molar-refractivity contribution in [1.82, 2.24) is 0 Å². The lowest BCUT2D eigenvalue weighted by atomic mass is 9.97. The number of rotatable bonds is 1. The molecule has 1 atom stereocenters. The Balaban J connectivity index is 1.94. The highest BCUT2D eigenvalue weighted by Gasteiger charge is 2.69. The minimum Gasteiger partial charge on any atom is -0.312 e. The predicted molar refractivity (Wildman–Crippen MR) is 79.3 cm³/mol. The summed E-state index contributed by atoms with van der Waals surface area (Å²) in [6.45, 7) is 2.16. The maximum absolute atomic E-state index is 12.8. The van der Waals surface area contributed by atoms with Crippen molar-refractivity contribution in [3.8, 4) is 0 Å². The van der Waals surface area contributed by atoms with Crippen molar-refractivity contribution < 1.29 is 18.0 Å². The minimum absolute atomic E-state index is 0.224. The number of carbonyl (C=O) groups is 1. The van der Waals surface area contributed by atoms with Crippen LogP contribution in [0.1, 0.15) is 30.9 Å². The van der Waals surface area contributed by atoms with Gasteiger partial charge in [0.15, 0.2) is 0 Å². The molecule has 22 heavy (non-hydrogen) atoms. The van der Waals surface area contributed by atoms with E-state index in [1.807, 2.05) is 0 Å². The quantitative estimate of drug-likeness (QED) is 0.678. The molecule has 1 aliphatic heterocycles. The van der Waals surface area contributed by atoms with Crippen LogP contribution in [0.25, 0.3) is 0 Å². The van der Waals surface area contributed by atoms with Gasteiger partial charge in [-0.3, -0.25) is 4.79 Å². The Bertz CT molecular complexity index is 644. The highest BCUT2D eigenvalue weighted by Crippen LogP contribution is 2.64. The first-order valence-electron chi connectivity index (χ1n) is 6.96. The molecule has 1 heterocycles. The van der Waals surface area contributed by atoms with Gasteiger partial charge in [-0.05, 0) is 49.9 Å². The van der Waals surface area contributed by atoms with E-state index in [1.54, 1.807) is 6.92 Å². The van der Waals surface area contributed by atoms with E-state index in [4.69, 9.17) is 23.2 Å². The average Bonchev–Trinajstić information content (AvgIpc) is 2.95. The summed E-state index contributed by atoms with van der Waals surface area (Å²) in [5.41, 5.74) is -0.495. The molecular formula is C15H14Cl2F3NO. The largest absolute Gasteiger partial charge is 0.416 e. The molecule has 0 aromatic heterocycles. The molecule has 1 aromatic carbocycles. The number of aryl methyl sites for hydroxylation is 1. The molecule has 2 aliphatic rings. The first-order valence-corrected chi connectivity index (χ1v) is 7.72. The zero-order valence-electron chi connectivity index (χ0n) is 11.8. The van der Waals surface area contributed by atoms with Crippen LogP contribution >= 0.6 is 23.2 Å². The Hall–Kier alpha value is -0.940. The molecule has 2 nitrogen and oxygen atoms in total. The standard InChI is InChI=1S/C15H14Cl2F3NO/c1-13(8-14(13,16)17)12(22)21-6-2-3-9-7-10(15(18,19)20)4-5-11(9)21/h4-5,7H,2-3,6,8H2,1H3/t13-/m1/s1. The fraction of sp³-hybridized carbons (Fsp3) is 0.533. The van der Waals surface area contributed by atoms with Gasteiger partial charge in [-0.15, -0.1) is 23.2 Å². The van der Waals surface area contributed by atoms with Gasteiger partial charge in [-0.1, -0.05) is 0 Å². The number of hydrogen-bond acceptors (Lipinski definition) is 1. The van der Waals surface area contributed by atoms with Crippen LogP contribution in [0.5, 0.6) is 0 Å². The minimum atomic E-state index is -4.38.